The summed E-state index contributed by atoms with van der Waals surface area (Å²) in [5.41, 5.74) is 2.40. The third-order valence-electron chi connectivity index (χ3n) is 2.42. The Balaban J connectivity index is 2.89. The Labute approximate surface area is 113 Å². The number of nitrogens with two attached hydrogens (primary N) is 1. The number of aliphatic hydroxyl groups excluding tert-OH is 1. The first-order valence-corrected chi connectivity index (χ1v) is 6.46. The summed E-state index contributed by atoms with van der Waals surface area (Å²) in [5, 5.41) is 8.89. The van der Waals surface area contributed by atoms with Gasteiger partial charge < -0.3 is 14.7 Å². The first kappa shape index (κ1) is 15.4. The first-order valence-electron chi connectivity index (χ1n) is 6.46. The highest BCUT2D eigenvalue weighted by molar-refractivity contribution is 5.37. The number of anilines is 2. The molecule has 4 N–H and O–H groups in total. The molecule has 8 heteroatoms. The Hall–Kier alpha value is -1.67. The van der Waals surface area contributed by atoms with E-state index >= 15 is 0 Å². The Bertz CT molecular complexity index is 376. The molecule has 19 heavy (non-hydrogen) atoms. The van der Waals surface area contributed by atoms with Gasteiger partial charge in [-0.1, -0.05) is 6.92 Å². The van der Waals surface area contributed by atoms with E-state index in [0.29, 0.717) is 25.5 Å². The normalized spacial score (nSPS) is 10.3. The molecule has 1 aromatic rings. The van der Waals surface area contributed by atoms with Crippen molar-refractivity contribution in [2.45, 2.75) is 26.7 Å². The van der Waals surface area contributed by atoms with Crippen molar-refractivity contribution in [2.75, 3.05) is 36.6 Å². The molecule has 0 fully saturated rings. The van der Waals surface area contributed by atoms with Crippen molar-refractivity contribution in [3.8, 4) is 6.01 Å². The van der Waals surface area contributed by atoms with Crippen LogP contribution in [0.3, 0.4) is 0 Å². The second-order valence-corrected chi connectivity index (χ2v) is 3.89. The molecule has 0 atom stereocenters. The van der Waals surface area contributed by atoms with Gasteiger partial charge in [0.15, 0.2) is 0 Å². The number of nitrogens with zero attached hydrogens (tertiary/aromatic N) is 4. The van der Waals surface area contributed by atoms with Crippen molar-refractivity contribution in [1.29, 1.82) is 0 Å². The summed E-state index contributed by atoms with van der Waals surface area (Å²) in [6, 6.07) is 0.252. The SMILES string of the molecule is CCCOc1nc(NN)nc(N(CC)CCCO)n1. The number of nitrogens with one attached hydrogen (secondary N) is 1. The van der Waals surface area contributed by atoms with E-state index in [4.69, 9.17) is 15.7 Å². The van der Waals surface area contributed by atoms with Gasteiger partial charge in [-0.3, -0.25) is 5.43 Å². The highest BCUT2D eigenvalue weighted by atomic mass is 16.5. The van der Waals surface area contributed by atoms with Gasteiger partial charge in [0.2, 0.25) is 11.9 Å². The number of hydrogen-bond acceptors (Lipinski definition) is 8. The maximum atomic E-state index is 8.89. The summed E-state index contributed by atoms with van der Waals surface area (Å²) in [6.45, 7) is 6.04. The highest BCUT2D eigenvalue weighted by Gasteiger charge is 2.12. The highest BCUT2D eigenvalue weighted by Crippen LogP contribution is 2.14. The summed E-state index contributed by atoms with van der Waals surface area (Å²) in [7, 11) is 0. The molecule has 0 unspecified atom stereocenters. The maximum Gasteiger partial charge on any atom is 0.323 e. The molecular formula is C11H22N6O2. The quantitative estimate of drug-likeness (QED) is 0.430. The van der Waals surface area contributed by atoms with Gasteiger partial charge in [-0.15, -0.1) is 0 Å². The summed E-state index contributed by atoms with van der Waals surface area (Å²) in [5.74, 6) is 6.09. The number of rotatable bonds is 9. The van der Waals surface area contributed by atoms with E-state index in [2.05, 4.69) is 20.4 Å². The van der Waals surface area contributed by atoms with Crippen LogP contribution in [0, 0.1) is 0 Å². The van der Waals surface area contributed by atoms with Crippen LogP contribution < -0.4 is 20.9 Å². The lowest BCUT2D eigenvalue weighted by Crippen LogP contribution is -2.27. The van der Waals surface area contributed by atoms with Gasteiger partial charge in [0.1, 0.15) is 0 Å². The van der Waals surface area contributed by atoms with E-state index < -0.39 is 0 Å². The Kier molecular flexibility index (Phi) is 6.83. The lowest BCUT2D eigenvalue weighted by molar-refractivity contribution is 0.287. The predicted molar refractivity (Wildman–Crippen MR) is 73.0 cm³/mol. The first-order chi connectivity index (χ1) is 9.24. The molecule has 0 aliphatic heterocycles. The van der Waals surface area contributed by atoms with Gasteiger partial charge in [0.05, 0.1) is 6.61 Å². The van der Waals surface area contributed by atoms with E-state index in [1.807, 2.05) is 18.7 Å². The molecule has 0 saturated heterocycles. The molecule has 1 heterocycles. The van der Waals surface area contributed by atoms with Crippen molar-refractivity contribution in [1.82, 2.24) is 15.0 Å². The molecule has 0 spiro atoms. The molecule has 108 valence electrons. The molecule has 0 bridgehead atoms. The summed E-state index contributed by atoms with van der Waals surface area (Å²) < 4.78 is 5.40. The largest absolute Gasteiger partial charge is 0.463 e. The smallest absolute Gasteiger partial charge is 0.323 e. The molecule has 0 amide bonds. The average molecular weight is 270 g/mol. The minimum absolute atomic E-state index is 0.128. The Morgan fingerprint density at radius 3 is 2.68 bits per heavy atom. The van der Waals surface area contributed by atoms with Crippen molar-refractivity contribution in [2.24, 2.45) is 5.84 Å². The minimum atomic E-state index is 0.128. The van der Waals surface area contributed by atoms with E-state index in [9.17, 15) is 0 Å². The van der Waals surface area contributed by atoms with Gasteiger partial charge >= 0.3 is 6.01 Å². The van der Waals surface area contributed by atoms with Crippen LogP contribution in [-0.4, -0.2) is 46.4 Å². The zero-order chi connectivity index (χ0) is 14.1. The van der Waals surface area contributed by atoms with E-state index in [1.165, 1.54) is 0 Å². The van der Waals surface area contributed by atoms with Crippen LogP contribution in [0.15, 0.2) is 0 Å². The van der Waals surface area contributed by atoms with Crippen molar-refractivity contribution < 1.29 is 9.84 Å². The number of hydrogen-bond donors (Lipinski definition) is 3. The number of nitrogen functional groups attached to an aromatic ring is 1. The van der Waals surface area contributed by atoms with Crippen molar-refractivity contribution in [3.63, 3.8) is 0 Å². The molecule has 8 nitrogen and oxygen atoms in total. The number of aliphatic hydroxyl groups is 1. The molecule has 1 aromatic heterocycles. The van der Waals surface area contributed by atoms with Gasteiger partial charge in [-0.05, 0) is 19.8 Å². The predicted octanol–water partition coefficient (Wildman–Crippen LogP) is 0.155. The third-order valence-corrected chi connectivity index (χ3v) is 2.42. The van der Waals surface area contributed by atoms with Gasteiger partial charge in [0, 0.05) is 19.7 Å². The van der Waals surface area contributed by atoms with Crippen LogP contribution in [-0.2, 0) is 0 Å². The summed E-state index contributed by atoms with van der Waals surface area (Å²) >= 11 is 0. The fourth-order valence-corrected chi connectivity index (χ4v) is 1.47. The lowest BCUT2D eigenvalue weighted by Gasteiger charge is -2.20. The van der Waals surface area contributed by atoms with E-state index in [0.717, 1.165) is 13.0 Å². The molecule has 1 rings (SSSR count). The molecule has 0 saturated carbocycles. The molecule has 0 aliphatic rings. The van der Waals surface area contributed by atoms with E-state index in [1.54, 1.807) is 0 Å². The molecule has 0 radical (unpaired) electrons. The Morgan fingerprint density at radius 1 is 1.32 bits per heavy atom. The standard InChI is InChI=1S/C11H22N6O2/c1-3-8-19-11-14-9(16-12)13-10(15-11)17(4-2)6-5-7-18/h18H,3-8,12H2,1-2H3,(H,13,14,15,16). The van der Waals surface area contributed by atoms with Gasteiger partial charge in [-0.2, -0.15) is 15.0 Å². The second-order valence-electron chi connectivity index (χ2n) is 3.89. The van der Waals surface area contributed by atoms with Crippen molar-refractivity contribution >= 4 is 11.9 Å². The zero-order valence-corrected chi connectivity index (χ0v) is 11.5. The fourth-order valence-electron chi connectivity index (χ4n) is 1.47. The number of hydrazine groups is 1. The topological polar surface area (TPSA) is 109 Å². The van der Waals surface area contributed by atoms with Crippen molar-refractivity contribution in [3.05, 3.63) is 0 Å². The molecular weight excluding hydrogens is 248 g/mol. The zero-order valence-electron chi connectivity index (χ0n) is 11.5. The summed E-state index contributed by atoms with van der Waals surface area (Å²) in [6.07, 6.45) is 1.52. The van der Waals surface area contributed by atoms with Gasteiger partial charge in [0.25, 0.3) is 0 Å². The second kappa shape index (κ2) is 8.44. The molecule has 0 aromatic carbocycles. The average Bonchev–Trinajstić information content (AvgIpc) is 2.45. The van der Waals surface area contributed by atoms with Crippen LogP contribution in [0.25, 0.3) is 0 Å². The van der Waals surface area contributed by atoms with Crippen LogP contribution in [0.5, 0.6) is 6.01 Å². The number of aromatic nitrogens is 3. The third kappa shape index (κ3) is 4.84. The van der Waals surface area contributed by atoms with Crippen LogP contribution in [0.2, 0.25) is 0 Å². The maximum absolute atomic E-state index is 8.89. The number of ether oxygens (including phenoxy) is 1. The van der Waals surface area contributed by atoms with Crippen LogP contribution >= 0.6 is 0 Å². The van der Waals surface area contributed by atoms with Crippen LogP contribution in [0.1, 0.15) is 26.7 Å². The van der Waals surface area contributed by atoms with E-state index in [-0.39, 0.29) is 18.6 Å². The van der Waals surface area contributed by atoms with Gasteiger partial charge in [-0.25, -0.2) is 5.84 Å². The van der Waals surface area contributed by atoms with Crippen LogP contribution in [0.4, 0.5) is 11.9 Å². The fraction of sp³-hybridized carbons (Fsp3) is 0.727. The molecule has 0 aliphatic carbocycles. The minimum Gasteiger partial charge on any atom is -0.463 e. The Morgan fingerprint density at radius 2 is 2.11 bits per heavy atom. The monoisotopic (exact) mass is 270 g/mol. The lowest BCUT2D eigenvalue weighted by atomic mass is 10.4. The summed E-state index contributed by atoms with van der Waals surface area (Å²) in [4.78, 5) is 14.4.